The average Bonchev–Trinajstić information content (AvgIpc) is 2.29. The Morgan fingerprint density at radius 1 is 1.62 bits per heavy atom. The highest BCUT2D eigenvalue weighted by atomic mass is 16.1. The lowest BCUT2D eigenvalue weighted by Crippen LogP contribution is -2.44. The number of aryl methyl sites for hydroxylation is 1. The molecule has 0 aliphatic carbocycles. The van der Waals surface area contributed by atoms with E-state index in [9.17, 15) is 4.79 Å². The number of nitrogens with two attached hydrogens (primary N) is 2. The summed E-state index contributed by atoms with van der Waals surface area (Å²) in [6.45, 7) is 3.05. The Morgan fingerprint density at radius 3 is 3.00 bits per heavy atom. The maximum absolute atomic E-state index is 10.7. The quantitative estimate of drug-likeness (QED) is 0.607. The molecular weight excluding hydrogens is 204 g/mol. The monoisotopic (exact) mass is 222 g/mol. The van der Waals surface area contributed by atoms with Crippen LogP contribution in [0.1, 0.15) is 18.2 Å². The molecular formula is C11H18N4O. The van der Waals surface area contributed by atoms with Gasteiger partial charge in [0.05, 0.1) is 11.7 Å². The van der Waals surface area contributed by atoms with E-state index in [1.807, 2.05) is 12.1 Å². The van der Waals surface area contributed by atoms with Gasteiger partial charge in [0.2, 0.25) is 5.91 Å². The van der Waals surface area contributed by atoms with E-state index in [4.69, 9.17) is 11.5 Å². The van der Waals surface area contributed by atoms with Gasteiger partial charge in [0, 0.05) is 19.3 Å². The van der Waals surface area contributed by atoms with Gasteiger partial charge in [-0.05, 0) is 18.1 Å². The first-order valence-electron chi connectivity index (χ1n) is 5.33. The molecule has 0 bridgehead atoms. The summed E-state index contributed by atoms with van der Waals surface area (Å²) >= 11 is 0. The molecule has 0 aromatic carbocycles. The molecule has 0 saturated carbocycles. The number of rotatable bonds is 6. The van der Waals surface area contributed by atoms with Crippen molar-refractivity contribution in [1.82, 2.24) is 10.3 Å². The number of amides is 1. The second-order valence-corrected chi connectivity index (χ2v) is 3.60. The zero-order valence-corrected chi connectivity index (χ0v) is 9.44. The molecule has 5 heteroatoms. The van der Waals surface area contributed by atoms with Crippen molar-refractivity contribution in [2.24, 2.45) is 11.5 Å². The molecule has 0 saturated heterocycles. The number of carbonyl (C=O) groups is 1. The number of primary amides is 1. The molecule has 5 N–H and O–H groups in total. The normalized spacial score (nSPS) is 12.4. The number of hydrogen-bond acceptors (Lipinski definition) is 4. The predicted octanol–water partition coefficient (Wildman–Crippen LogP) is -0.454. The highest BCUT2D eigenvalue weighted by Crippen LogP contribution is 2.05. The minimum atomic E-state index is -0.645. The van der Waals surface area contributed by atoms with Crippen LogP contribution in [0.3, 0.4) is 0 Å². The molecule has 1 rings (SSSR count). The van der Waals surface area contributed by atoms with Crippen LogP contribution in [0, 0.1) is 0 Å². The maximum Gasteiger partial charge on any atom is 0.235 e. The third kappa shape index (κ3) is 3.60. The van der Waals surface area contributed by atoms with Crippen LogP contribution in [0.25, 0.3) is 0 Å². The van der Waals surface area contributed by atoms with Crippen molar-refractivity contribution in [3.05, 3.63) is 29.6 Å². The minimum Gasteiger partial charge on any atom is -0.368 e. The number of nitrogens with zero attached hydrogens (tertiary/aromatic N) is 1. The summed E-state index contributed by atoms with van der Waals surface area (Å²) in [7, 11) is 0. The summed E-state index contributed by atoms with van der Waals surface area (Å²) in [5.41, 5.74) is 12.7. The number of hydrogen-bond donors (Lipinski definition) is 3. The number of nitrogens with one attached hydrogen (secondary N) is 1. The number of pyridine rings is 1. The highest BCUT2D eigenvalue weighted by molar-refractivity contribution is 5.79. The summed E-state index contributed by atoms with van der Waals surface area (Å²) in [4.78, 5) is 15.0. The SMILES string of the molecule is CCc1cccnc1CNCC(N)C(N)=O. The van der Waals surface area contributed by atoms with E-state index < -0.39 is 11.9 Å². The Balaban J connectivity index is 2.45. The average molecular weight is 222 g/mol. The van der Waals surface area contributed by atoms with Crippen LogP contribution in [0.4, 0.5) is 0 Å². The Bertz CT molecular complexity index is 354. The molecule has 0 aliphatic rings. The molecule has 5 nitrogen and oxygen atoms in total. The first-order valence-corrected chi connectivity index (χ1v) is 5.33. The van der Waals surface area contributed by atoms with Crippen LogP contribution in [0.15, 0.2) is 18.3 Å². The molecule has 0 spiro atoms. The molecule has 1 amide bonds. The fourth-order valence-corrected chi connectivity index (χ4v) is 1.40. The van der Waals surface area contributed by atoms with E-state index in [1.54, 1.807) is 6.20 Å². The van der Waals surface area contributed by atoms with Crippen LogP contribution in [0.5, 0.6) is 0 Å². The third-order valence-corrected chi connectivity index (χ3v) is 2.39. The van der Waals surface area contributed by atoms with Crippen molar-refractivity contribution in [3.63, 3.8) is 0 Å². The van der Waals surface area contributed by atoms with Crippen molar-refractivity contribution < 1.29 is 4.79 Å². The maximum atomic E-state index is 10.7. The molecule has 1 heterocycles. The van der Waals surface area contributed by atoms with Crippen LogP contribution < -0.4 is 16.8 Å². The first-order chi connectivity index (χ1) is 7.65. The van der Waals surface area contributed by atoms with Gasteiger partial charge in [-0.15, -0.1) is 0 Å². The lowest BCUT2D eigenvalue weighted by Gasteiger charge is -2.10. The standard InChI is InChI=1S/C11H18N4O/c1-2-8-4-3-5-15-10(8)7-14-6-9(12)11(13)16/h3-5,9,14H,2,6-7,12H2,1H3,(H2,13,16). The van der Waals surface area contributed by atoms with E-state index in [2.05, 4.69) is 17.2 Å². The van der Waals surface area contributed by atoms with Crippen LogP contribution in [0.2, 0.25) is 0 Å². The molecule has 1 unspecified atom stereocenters. The Morgan fingerprint density at radius 2 is 2.38 bits per heavy atom. The van der Waals surface area contributed by atoms with E-state index in [0.717, 1.165) is 12.1 Å². The van der Waals surface area contributed by atoms with Crippen molar-refractivity contribution in [2.45, 2.75) is 25.9 Å². The largest absolute Gasteiger partial charge is 0.368 e. The Hall–Kier alpha value is -1.46. The smallest absolute Gasteiger partial charge is 0.235 e. The molecule has 1 aromatic heterocycles. The fourth-order valence-electron chi connectivity index (χ4n) is 1.40. The first kappa shape index (κ1) is 12.6. The van der Waals surface area contributed by atoms with Crippen molar-refractivity contribution in [1.29, 1.82) is 0 Å². The van der Waals surface area contributed by atoms with Gasteiger partial charge < -0.3 is 16.8 Å². The molecule has 88 valence electrons. The molecule has 1 aromatic rings. The van der Waals surface area contributed by atoms with Gasteiger partial charge in [0.1, 0.15) is 0 Å². The van der Waals surface area contributed by atoms with Gasteiger partial charge in [-0.1, -0.05) is 13.0 Å². The summed E-state index contributed by atoms with van der Waals surface area (Å²) in [6.07, 6.45) is 2.69. The summed E-state index contributed by atoms with van der Waals surface area (Å²) in [5.74, 6) is -0.496. The Labute approximate surface area is 95.2 Å². The lowest BCUT2D eigenvalue weighted by molar-refractivity contribution is -0.119. The molecule has 16 heavy (non-hydrogen) atoms. The molecule has 0 aliphatic heterocycles. The number of carbonyl (C=O) groups excluding carboxylic acids is 1. The summed E-state index contributed by atoms with van der Waals surface area (Å²) < 4.78 is 0. The fraction of sp³-hybridized carbons (Fsp3) is 0.455. The summed E-state index contributed by atoms with van der Waals surface area (Å²) in [5, 5.41) is 3.07. The second kappa shape index (κ2) is 6.19. The topological polar surface area (TPSA) is 94.0 Å². The van der Waals surface area contributed by atoms with Gasteiger partial charge >= 0.3 is 0 Å². The Kier molecular flexibility index (Phi) is 4.88. The van der Waals surface area contributed by atoms with Gasteiger partial charge in [-0.3, -0.25) is 9.78 Å². The second-order valence-electron chi connectivity index (χ2n) is 3.60. The zero-order valence-electron chi connectivity index (χ0n) is 9.44. The molecule has 1 atom stereocenters. The van der Waals surface area contributed by atoms with E-state index in [0.29, 0.717) is 13.1 Å². The minimum absolute atomic E-state index is 0.370. The van der Waals surface area contributed by atoms with Crippen molar-refractivity contribution in [2.75, 3.05) is 6.54 Å². The third-order valence-electron chi connectivity index (χ3n) is 2.39. The van der Waals surface area contributed by atoms with Crippen LogP contribution in [-0.4, -0.2) is 23.5 Å². The summed E-state index contributed by atoms with van der Waals surface area (Å²) in [6, 6.07) is 3.31. The zero-order chi connectivity index (χ0) is 12.0. The van der Waals surface area contributed by atoms with Crippen molar-refractivity contribution in [3.8, 4) is 0 Å². The van der Waals surface area contributed by atoms with Gasteiger partial charge in [-0.2, -0.15) is 0 Å². The van der Waals surface area contributed by atoms with Gasteiger partial charge in [0.25, 0.3) is 0 Å². The molecule has 0 radical (unpaired) electrons. The number of aromatic nitrogens is 1. The van der Waals surface area contributed by atoms with E-state index in [1.165, 1.54) is 5.56 Å². The molecule has 0 fully saturated rings. The van der Waals surface area contributed by atoms with Crippen LogP contribution in [-0.2, 0) is 17.8 Å². The predicted molar refractivity (Wildman–Crippen MR) is 62.5 cm³/mol. The highest BCUT2D eigenvalue weighted by Gasteiger charge is 2.08. The van der Waals surface area contributed by atoms with Crippen molar-refractivity contribution >= 4 is 5.91 Å². The van der Waals surface area contributed by atoms with E-state index in [-0.39, 0.29) is 0 Å². The van der Waals surface area contributed by atoms with Gasteiger partial charge in [0.15, 0.2) is 0 Å². The van der Waals surface area contributed by atoms with E-state index >= 15 is 0 Å². The van der Waals surface area contributed by atoms with Crippen LogP contribution >= 0.6 is 0 Å². The van der Waals surface area contributed by atoms with Gasteiger partial charge in [-0.25, -0.2) is 0 Å². The lowest BCUT2D eigenvalue weighted by atomic mass is 10.1.